The fourth-order valence-corrected chi connectivity index (χ4v) is 7.32. The van der Waals surface area contributed by atoms with Crippen molar-refractivity contribution < 1.29 is 0 Å². The number of fused-ring (bicyclic) bond motifs is 4. The average Bonchev–Trinajstić information content (AvgIpc) is 3.02. The summed E-state index contributed by atoms with van der Waals surface area (Å²) in [6.45, 7) is 0.201. The average molecular weight is 513 g/mol. The molecule has 6 aromatic rings. The van der Waals surface area contributed by atoms with Gasteiger partial charge in [0.25, 0.3) is 0 Å². The van der Waals surface area contributed by atoms with Crippen LogP contribution in [0.1, 0.15) is 0 Å². The van der Waals surface area contributed by atoms with Gasteiger partial charge in [-0.1, -0.05) is 126 Å². The van der Waals surface area contributed by atoms with Crippen LogP contribution in [0.25, 0.3) is 22.3 Å². The lowest BCUT2D eigenvalue weighted by Gasteiger charge is -2.40. The molecule has 8 rings (SSSR count). The van der Waals surface area contributed by atoms with E-state index in [9.17, 15) is 0 Å². The Hall–Kier alpha value is -4.47. The molecule has 0 amide bonds. The minimum absolute atomic E-state index is 0.201. The zero-order valence-electron chi connectivity index (χ0n) is 21.3. The number of hydrogen-bond donors (Lipinski definition) is 0. The second-order valence-electron chi connectivity index (χ2n) is 10.1. The van der Waals surface area contributed by atoms with Gasteiger partial charge in [0.2, 0.25) is 6.71 Å². The molecule has 0 radical (unpaired) electrons. The van der Waals surface area contributed by atoms with Crippen LogP contribution in [-0.4, -0.2) is 6.71 Å². The van der Waals surface area contributed by atoms with E-state index in [-0.39, 0.29) is 6.71 Å². The van der Waals surface area contributed by atoms with Crippen molar-refractivity contribution in [3.8, 4) is 22.3 Å². The van der Waals surface area contributed by atoms with E-state index in [1.807, 2.05) is 11.8 Å². The Morgan fingerprint density at radius 2 is 1.05 bits per heavy atom. The molecule has 3 heteroatoms. The molecule has 0 unspecified atom stereocenters. The summed E-state index contributed by atoms with van der Waals surface area (Å²) < 4.78 is 0. The smallest absolute Gasteiger partial charge is 0.249 e. The van der Waals surface area contributed by atoms with Gasteiger partial charge in [-0.25, -0.2) is 0 Å². The molecule has 0 fully saturated rings. The van der Waals surface area contributed by atoms with Crippen LogP contribution in [0.5, 0.6) is 0 Å². The number of rotatable bonds is 3. The second kappa shape index (κ2) is 9.08. The summed E-state index contributed by atoms with van der Waals surface area (Å²) in [6.07, 6.45) is 0. The minimum Gasteiger partial charge on any atom is -0.311 e. The van der Waals surface area contributed by atoms with Gasteiger partial charge in [-0.15, -0.1) is 0 Å². The van der Waals surface area contributed by atoms with E-state index in [1.165, 1.54) is 65.5 Å². The number of hydrogen-bond acceptors (Lipinski definition) is 2. The highest BCUT2D eigenvalue weighted by molar-refractivity contribution is 8.00. The molecule has 39 heavy (non-hydrogen) atoms. The highest BCUT2D eigenvalue weighted by Gasteiger charge is 2.40. The van der Waals surface area contributed by atoms with Crippen LogP contribution < -0.4 is 21.3 Å². The van der Waals surface area contributed by atoms with Gasteiger partial charge >= 0.3 is 0 Å². The maximum Gasteiger partial charge on any atom is 0.249 e. The maximum atomic E-state index is 2.46. The van der Waals surface area contributed by atoms with Gasteiger partial charge in [0, 0.05) is 26.9 Å². The molecule has 0 atom stereocenters. The Kier molecular flexibility index (Phi) is 5.24. The van der Waals surface area contributed by atoms with Gasteiger partial charge in [0.1, 0.15) is 0 Å². The Labute approximate surface area is 233 Å². The van der Waals surface area contributed by atoms with Crippen LogP contribution in [0.4, 0.5) is 17.1 Å². The van der Waals surface area contributed by atoms with Gasteiger partial charge in [-0.2, -0.15) is 0 Å². The monoisotopic (exact) mass is 513 g/mol. The summed E-state index contributed by atoms with van der Waals surface area (Å²) in [5.74, 6) is 0. The van der Waals surface area contributed by atoms with Crippen LogP contribution in [0.15, 0.2) is 155 Å². The summed E-state index contributed by atoms with van der Waals surface area (Å²) in [4.78, 5) is 5.16. The summed E-state index contributed by atoms with van der Waals surface area (Å²) in [5.41, 5.74) is 12.8. The number of nitrogens with zero attached hydrogens (tertiary/aromatic N) is 1. The van der Waals surface area contributed by atoms with E-state index in [1.54, 1.807) is 0 Å². The van der Waals surface area contributed by atoms with Crippen molar-refractivity contribution in [3.05, 3.63) is 146 Å². The lowest BCUT2D eigenvalue weighted by atomic mass is 9.34. The van der Waals surface area contributed by atoms with Gasteiger partial charge in [0.05, 0.1) is 0 Å². The van der Waals surface area contributed by atoms with Crippen molar-refractivity contribution in [2.75, 3.05) is 4.90 Å². The predicted molar refractivity (Wildman–Crippen MR) is 167 cm³/mol. The fraction of sp³-hybridized carbons (Fsp3) is 0. The van der Waals surface area contributed by atoms with Gasteiger partial charge in [0.15, 0.2) is 0 Å². The van der Waals surface area contributed by atoms with Crippen molar-refractivity contribution in [1.29, 1.82) is 0 Å². The summed E-state index contributed by atoms with van der Waals surface area (Å²) in [7, 11) is 0. The molecule has 0 aromatic heterocycles. The Morgan fingerprint density at radius 1 is 0.436 bits per heavy atom. The molecular weight excluding hydrogens is 489 g/mol. The highest BCUT2D eigenvalue weighted by Crippen LogP contribution is 2.42. The van der Waals surface area contributed by atoms with E-state index >= 15 is 0 Å². The van der Waals surface area contributed by atoms with Crippen LogP contribution in [0.2, 0.25) is 0 Å². The van der Waals surface area contributed by atoms with E-state index < -0.39 is 0 Å². The highest BCUT2D eigenvalue weighted by atomic mass is 32.2. The summed E-state index contributed by atoms with van der Waals surface area (Å²) in [6, 6.07) is 53.1. The lowest BCUT2D eigenvalue weighted by molar-refractivity contribution is 1.27. The largest absolute Gasteiger partial charge is 0.311 e. The molecule has 182 valence electrons. The van der Waals surface area contributed by atoms with Crippen molar-refractivity contribution >= 4 is 51.9 Å². The Morgan fingerprint density at radius 3 is 1.82 bits per heavy atom. The molecule has 0 spiro atoms. The van der Waals surface area contributed by atoms with E-state index in [0.29, 0.717) is 0 Å². The van der Waals surface area contributed by atoms with Gasteiger partial charge < -0.3 is 4.90 Å². The molecular formula is C36H24BNS. The molecule has 2 heterocycles. The quantitative estimate of drug-likeness (QED) is 0.222. The molecule has 6 aromatic carbocycles. The van der Waals surface area contributed by atoms with Crippen molar-refractivity contribution in [3.63, 3.8) is 0 Å². The second-order valence-corrected chi connectivity index (χ2v) is 11.2. The lowest BCUT2D eigenvalue weighted by Crippen LogP contribution is -2.59. The Balaban J connectivity index is 1.35. The predicted octanol–water partition coefficient (Wildman–Crippen LogP) is 7.78. The first-order valence-corrected chi connectivity index (χ1v) is 14.2. The first-order chi connectivity index (χ1) is 19.3. The van der Waals surface area contributed by atoms with Crippen LogP contribution in [0, 0.1) is 0 Å². The third-order valence-corrected chi connectivity index (χ3v) is 9.11. The number of benzene rings is 6. The third kappa shape index (κ3) is 3.65. The first kappa shape index (κ1) is 22.5. The molecule has 0 saturated carbocycles. The molecule has 0 bridgehead atoms. The van der Waals surface area contributed by atoms with Crippen molar-refractivity contribution in [2.45, 2.75) is 9.79 Å². The third-order valence-electron chi connectivity index (χ3n) is 7.94. The number of anilines is 3. The fourth-order valence-electron chi connectivity index (χ4n) is 6.16. The van der Waals surface area contributed by atoms with Crippen molar-refractivity contribution in [2.24, 2.45) is 0 Å². The molecule has 2 aliphatic rings. The molecule has 0 saturated heterocycles. The summed E-state index contributed by atoms with van der Waals surface area (Å²) in [5, 5.41) is 0. The molecule has 2 aliphatic heterocycles. The van der Waals surface area contributed by atoms with Crippen LogP contribution >= 0.6 is 11.8 Å². The first-order valence-electron chi connectivity index (χ1n) is 13.4. The van der Waals surface area contributed by atoms with E-state index in [2.05, 4.69) is 150 Å². The van der Waals surface area contributed by atoms with E-state index in [0.717, 1.165) is 0 Å². The molecule has 0 N–H and O–H groups in total. The van der Waals surface area contributed by atoms with Crippen LogP contribution in [-0.2, 0) is 0 Å². The normalized spacial score (nSPS) is 12.9. The minimum atomic E-state index is 0.201. The SMILES string of the molecule is c1ccc(-c2ccc(N3c4ccc(-c5ccccc5)cc4B4c5ccccc5Sc5cccc3c54)cc2)cc1. The van der Waals surface area contributed by atoms with Crippen LogP contribution in [0.3, 0.4) is 0 Å². The van der Waals surface area contributed by atoms with E-state index in [4.69, 9.17) is 0 Å². The maximum absolute atomic E-state index is 2.46. The Bertz CT molecular complexity index is 1830. The standard InChI is InChI=1S/C36H24BNS/c1-3-10-25(11-4-1)27-18-21-29(22-19-27)38-32-23-20-28(26-12-5-2-6-13-26)24-31(32)37-30-14-7-8-16-34(30)39-35-17-9-15-33(38)36(35)37/h1-24H. The van der Waals surface area contributed by atoms with Crippen molar-refractivity contribution in [1.82, 2.24) is 0 Å². The van der Waals surface area contributed by atoms with Gasteiger partial charge in [-0.05, 0) is 69.6 Å². The topological polar surface area (TPSA) is 3.24 Å². The van der Waals surface area contributed by atoms with Gasteiger partial charge in [-0.3, -0.25) is 0 Å². The summed E-state index contributed by atoms with van der Waals surface area (Å²) >= 11 is 1.90. The zero-order valence-corrected chi connectivity index (χ0v) is 22.1. The zero-order chi connectivity index (χ0) is 25.8. The molecule has 1 nitrogen and oxygen atoms in total. The molecule has 0 aliphatic carbocycles.